The first-order valence-electron chi connectivity index (χ1n) is 9.61. The number of piperidine rings is 1. The van der Waals surface area contributed by atoms with Crippen LogP contribution < -0.4 is 15.5 Å². The van der Waals surface area contributed by atoms with Gasteiger partial charge in [-0.15, -0.1) is 11.3 Å². The summed E-state index contributed by atoms with van der Waals surface area (Å²) in [6.45, 7) is 7.02. The first-order valence-corrected chi connectivity index (χ1v) is 10.5. The number of hydrogen-bond donors (Lipinski definition) is 2. The number of esters is 1. The summed E-state index contributed by atoms with van der Waals surface area (Å²) in [5.74, 6) is 1.57. The first kappa shape index (κ1) is 20.3. The number of nitrogens with one attached hydrogen (secondary N) is 2. The second-order valence-corrected chi connectivity index (χ2v) is 7.65. The Morgan fingerprint density at radius 2 is 2.21 bits per heavy atom. The van der Waals surface area contributed by atoms with E-state index >= 15 is 0 Å². The number of ether oxygens (including phenoxy) is 1. The van der Waals surface area contributed by atoms with Crippen LogP contribution in [0.3, 0.4) is 0 Å². The lowest BCUT2D eigenvalue weighted by Gasteiger charge is -2.33. The van der Waals surface area contributed by atoms with E-state index in [0.29, 0.717) is 29.7 Å². The summed E-state index contributed by atoms with van der Waals surface area (Å²) in [6.07, 6.45) is 2.13. The number of aryl methyl sites for hydroxylation is 1. The maximum Gasteiger partial charge on any atom is 0.341 e. The van der Waals surface area contributed by atoms with Crippen molar-refractivity contribution in [3.63, 3.8) is 0 Å². The molecule has 0 aliphatic carbocycles. The van der Waals surface area contributed by atoms with Crippen molar-refractivity contribution in [1.82, 2.24) is 10.6 Å². The molecule has 1 aliphatic rings. The Bertz CT molecular complexity index is 792. The molecule has 2 aromatic heterocycles. The zero-order valence-corrected chi connectivity index (χ0v) is 17.5. The molecule has 3 rings (SSSR count). The molecule has 1 fully saturated rings. The second kappa shape index (κ2) is 9.64. The molecule has 0 radical (unpaired) electrons. The van der Waals surface area contributed by atoms with Crippen LogP contribution in [0.1, 0.15) is 41.6 Å². The van der Waals surface area contributed by atoms with Crippen LogP contribution in [-0.4, -0.2) is 44.7 Å². The Hall–Kier alpha value is -2.48. The van der Waals surface area contributed by atoms with Crippen molar-refractivity contribution in [3.05, 3.63) is 40.7 Å². The normalized spacial score (nSPS) is 15.5. The Kier molecular flexibility index (Phi) is 6.97. The Morgan fingerprint density at radius 3 is 2.86 bits per heavy atom. The summed E-state index contributed by atoms with van der Waals surface area (Å²) in [5.41, 5.74) is 0.451. The number of furan rings is 1. The van der Waals surface area contributed by atoms with E-state index < -0.39 is 0 Å². The molecule has 0 aromatic carbocycles. The predicted molar refractivity (Wildman–Crippen MR) is 112 cm³/mol. The highest BCUT2D eigenvalue weighted by Gasteiger charge is 2.21. The summed E-state index contributed by atoms with van der Waals surface area (Å²) in [4.78, 5) is 18.8. The van der Waals surface area contributed by atoms with Crippen LogP contribution in [0.5, 0.6) is 0 Å². The van der Waals surface area contributed by atoms with Crippen molar-refractivity contribution in [2.75, 3.05) is 31.6 Å². The fourth-order valence-electron chi connectivity index (χ4n) is 3.30. The number of methoxy groups -OCH3 is 1. The number of anilines is 1. The molecule has 1 saturated heterocycles. The number of nitrogens with zero attached hydrogens (tertiary/aromatic N) is 2. The van der Waals surface area contributed by atoms with Crippen LogP contribution in [0.4, 0.5) is 5.00 Å². The van der Waals surface area contributed by atoms with Crippen LogP contribution in [-0.2, 0) is 11.3 Å². The van der Waals surface area contributed by atoms with Crippen molar-refractivity contribution >= 4 is 28.3 Å². The minimum Gasteiger partial charge on any atom is -0.465 e. The topological polar surface area (TPSA) is 79.1 Å². The summed E-state index contributed by atoms with van der Waals surface area (Å²) in [6, 6.07) is 6.37. The van der Waals surface area contributed by atoms with Gasteiger partial charge in [-0.25, -0.2) is 9.79 Å². The van der Waals surface area contributed by atoms with Crippen molar-refractivity contribution in [1.29, 1.82) is 0 Å². The van der Waals surface area contributed by atoms with E-state index in [0.717, 1.165) is 38.4 Å². The average Bonchev–Trinajstić information content (AvgIpc) is 3.36. The van der Waals surface area contributed by atoms with Crippen LogP contribution in [0.2, 0.25) is 0 Å². The van der Waals surface area contributed by atoms with Crippen molar-refractivity contribution in [2.24, 2.45) is 4.99 Å². The molecule has 28 heavy (non-hydrogen) atoms. The van der Waals surface area contributed by atoms with E-state index in [9.17, 15) is 4.79 Å². The Balaban J connectivity index is 1.57. The molecule has 0 saturated carbocycles. The van der Waals surface area contributed by atoms with E-state index in [-0.39, 0.29) is 5.97 Å². The molecule has 152 valence electrons. The summed E-state index contributed by atoms with van der Waals surface area (Å²) in [5, 5.41) is 10.3. The van der Waals surface area contributed by atoms with Gasteiger partial charge in [0, 0.05) is 25.7 Å². The van der Waals surface area contributed by atoms with E-state index in [2.05, 4.69) is 38.0 Å². The third kappa shape index (κ3) is 5.07. The smallest absolute Gasteiger partial charge is 0.341 e. The lowest BCUT2D eigenvalue weighted by molar-refractivity contribution is 0.0599. The molecule has 3 heterocycles. The zero-order chi connectivity index (χ0) is 19.9. The lowest BCUT2D eigenvalue weighted by Crippen LogP contribution is -2.48. The number of carbonyl (C=O) groups is 1. The fraction of sp³-hybridized carbons (Fsp3) is 0.500. The SMILES string of the molecule is CCNC(=NCc1cc(C(=O)OC)c(C)o1)NC1CCN(c2cccs2)CC1. The average molecular weight is 405 g/mol. The minimum absolute atomic E-state index is 0.362. The molecule has 1 aliphatic heterocycles. The third-order valence-corrected chi connectivity index (χ3v) is 5.69. The summed E-state index contributed by atoms with van der Waals surface area (Å²) in [7, 11) is 1.36. The maximum absolute atomic E-state index is 11.7. The Morgan fingerprint density at radius 1 is 1.43 bits per heavy atom. The molecule has 0 spiro atoms. The molecular formula is C20H28N4O3S. The van der Waals surface area contributed by atoms with Gasteiger partial charge in [0.1, 0.15) is 23.6 Å². The number of guanidine groups is 1. The van der Waals surface area contributed by atoms with Gasteiger partial charge in [-0.3, -0.25) is 0 Å². The third-order valence-electron chi connectivity index (χ3n) is 4.76. The monoisotopic (exact) mass is 404 g/mol. The largest absolute Gasteiger partial charge is 0.465 e. The molecule has 0 atom stereocenters. The Labute approximate surface area is 169 Å². The molecular weight excluding hydrogens is 376 g/mol. The standard InChI is InChI=1S/C20H28N4O3S/c1-4-21-20(22-13-16-12-17(14(2)27-16)19(25)26-3)23-15-7-9-24(10-8-15)18-6-5-11-28-18/h5-6,11-12,15H,4,7-10,13H2,1-3H3,(H2,21,22,23). The highest BCUT2D eigenvalue weighted by Crippen LogP contribution is 2.24. The van der Waals surface area contributed by atoms with Gasteiger partial charge in [0.2, 0.25) is 0 Å². The van der Waals surface area contributed by atoms with E-state index in [1.54, 1.807) is 24.3 Å². The number of carbonyl (C=O) groups excluding carboxylic acids is 1. The van der Waals surface area contributed by atoms with Crippen LogP contribution >= 0.6 is 11.3 Å². The van der Waals surface area contributed by atoms with Gasteiger partial charge in [0.15, 0.2) is 5.96 Å². The minimum atomic E-state index is -0.390. The molecule has 8 heteroatoms. The van der Waals surface area contributed by atoms with Crippen molar-refractivity contribution < 1.29 is 13.9 Å². The van der Waals surface area contributed by atoms with Crippen molar-refractivity contribution in [3.8, 4) is 0 Å². The molecule has 0 unspecified atom stereocenters. The fourth-order valence-corrected chi connectivity index (χ4v) is 4.08. The van der Waals surface area contributed by atoms with Gasteiger partial charge >= 0.3 is 5.97 Å². The molecule has 7 nitrogen and oxygen atoms in total. The maximum atomic E-state index is 11.7. The van der Waals surface area contributed by atoms with Crippen LogP contribution in [0.25, 0.3) is 0 Å². The van der Waals surface area contributed by atoms with E-state index in [1.165, 1.54) is 12.1 Å². The quantitative estimate of drug-likeness (QED) is 0.437. The molecule has 0 bridgehead atoms. The number of aliphatic imine (C=N–C) groups is 1. The molecule has 2 aromatic rings. The van der Waals surface area contributed by atoms with Crippen molar-refractivity contribution in [2.45, 2.75) is 39.3 Å². The highest BCUT2D eigenvalue weighted by atomic mass is 32.1. The predicted octanol–water partition coefficient (Wildman–Crippen LogP) is 3.16. The van der Waals surface area contributed by atoms with Gasteiger partial charge in [-0.1, -0.05) is 0 Å². The van der Waals surface area contributed by atoms with Gasteiger partial charge in [0.25, 0.3) is 0 Å². The van der Waals surface area contributed by atoms with Gasteiger partial charge in [0.05, 0.1) is 12.1 Å². The lowest BCUT2D eigenvalue weighted by atomic mass is 10.1. The molecule has 0 amide bonds. The van der Waals surface area contributed by atoms with E-state index in [4.69, 9.17) is 9.15 Å². The summed E-state index contributed by atoms with van der Waals surface area (Å²) >= 11 is 1.79. The number of thiophene rings is 1. The van der Waals surface area contributed by atoms with Gasteiger partial charge in [-0.05, 0) is 50.3 Å². The summed E-state index contributed by atoms with van der Waals surface area (Å²) < 4.78 is 10.4. The highest BCUT2D eigenvalue weighted by molar-refractivity contribution is 7.14. The number of hydrogen-bond acceptors (Lipinski definition) is 6. The van der Waals surface area contributed by atoms with Crippen LogP contribution in [0.15, 0.2) is 33.0 Å². The van der Waals surface area contributed by atoms with Gasteiger partial charge in [-0.2, -0.15) is 0 Å². The number of rotatable bonds is 6. The second-order valence-electron chi connectivity index (χ2n) is 6.73. The first-order chi connectivity index (χ1) is 13.6. The zero-order valence-electron chi connectivity index (χ0n) is 16.7. The van der Waals surface area contributed by atoms with Gasteiger partial charge < -0.3 is 24.7 Å². The van der Waals surface area contributed by atoms with Crippen LogP contribution in [0, 0.1) is 6.92 Å². The van der Waals surface area contributed by atoms with E-state index in [1.807, 2.05) is 6.92 Å². The molecule has 2 N–H and O–H groups in total.